The third-order valence-corrected chi connectivity index (χ3v) is 10.6. The number of aliphatic hydroxyl groups is 2. The summed E-state index contributed by atoms with van der Waals surface area (Å²) >= 11 is 7.72. The van der Waals surface area contributed by atoms with Crippen molar-refractivity contribution in [2.75, 3.05) is 0 Å². The zero-order valence-electron chi connectivity index (χ0n) is 11.8. The molecule has 0 amide bonds. The molecule has 4 unspecified atom stereocenters. The second-order valence-electron chi connectivity index (χ2n) is 6.20. The molecule has 1 saturated carbocycles. The van der Waals surface area contributed by atoms with Gasteiger partial charge in [0.15, 0.2) is 0 Å². The molecule has 1 fully saturated rings. The third kappa shape index (κ3) is 2.01. The van der Waals surface area contributed by atoms with E-state index in [1.165, 1.54) is 32.4 Å². The summed E-state index contributed by atoms with van der Waals surface area (Å²) < 4.78 is 0. The van der Waals surface area contributed by atoms with Crippen LogP contribution in [-0.4, -0.2) is 20.7 Å². The van der Waals surface area contributed by atoms with Crippen molar-refractivity contribution in [2.24, 2.45) is 0 Å². The van der Waals surface area contributed by atoms with E-state index in [9.17, 15) is 10.2 Å². The van der Waals surface area contributed by atoms with E-state index in [2.05, 4.69) is 12.1 Å². The van der Waals surface area contributed by atoms with Crippen LogP contribution in [0.1, 0.15) is 44.2 Å². The van der Waals surface area contributed by atoms with Gasteiger partial charge in [0.25, 0.3) is 0 Å². The smallest absolute Gasteiger partial charge is 0.0774 e. The van der Waals surface area contributed by atoms with Crippen LogP contribution < -0.4 is 0 Å². The largest absolute Gasteiger partial charge is 0.391 e. The lowest BCUT2D eigenvalue weighted by Crippen LogP contribution is -2.28. The monoisotopic (exact) mass is 368 g/mol. The standard InChI is InChI=1S/C16H16O2S4/c17-5-7-1-13-15(19-7)9-3-12-10(4-11(9)21-13)16-14(22-12)2-8(6-18)20-16/h1-2,9-12,17-18H,3-6H2. The van der Waals surface area contributed by atoms with Crippen molar-refractivity contribution in [1.82, 2.24) is 0 Å². The normalized spacial score (nSPS) is 31.7. The summed E-state index contributed by atoms with van der Waals surface area (Å²) in [6.07, 6.45) is 2.53. The summed E-state index contributed by atoms with van der Waals surface area (Å²) in [5, 5.41) is 20.1. The van der Waals surface area contributed by atoms with Gasteiger partial charge in [-0.05, 0) is 25.0 Å². The van der Waals surface area contributed by atoms with Gasteiger partial charge < -0.3 is 10.2 Å². The van der Waals surface area contributed by atoms with Gasteiger partial charge in [0, 0.05) is 51.6 Å². The van der Waals surface area contributed by atoms with Gasteiger partial charge in [0.2, 0.25) is 0 Å². The molecule has 2 aromatic heterocycles. The Hall–Kier alpha value is 0.0200. The van der Waals surface area contributed by atoms with Crippen LogP contribution in [0.25, 0.3) is 0 Å². The minimum absolute atomic E-state index is 0.178. The van der Waals surface area contributed by atoms with Crippen LogP contribution in [-0.2, 0) is 13.2 Å². The summed E-state index contributed by atoms with van der Waals surface area (Å²) in [6.45, 7) is 0.356. The van der Waals surface area contributed by atoms with E-state index in [4.69, 9.17) is 0 Å². The Morgan fingerprint density at radius 3 is 1.68 bits per heavy atom. The SMILES string of the molecule is OCc1cc2c(s1)C1CC3Sc4cc(CO)sc4C3CC1S2. The molecule has 4 heterocycles. The molecule has 2 aliphatic heterocycles. The highest BCUT2D eigenvalue weighted by molar-refractivity contribution is 8.01. The molecule has 0 spiro atoms. The van der Waals surface area contributed by atoms with Crippen molar-refractivity contribution in [2.45, 2.75) is 58.2 Å². The first kappa shape index (κ1) is 14.4. The molecular weight excluding hydrogens is 352 g/mol. The molecule has 0 aromatic carbocycles. The van der Waals surface area contributed by atoms with Gasteiger partial charge in [-0.2, -0.15) is 0 Å². The first-order valence-corrected chi connectivity index (χ1v) is 11.0. The molecule has 3 aliphatic rings. The average molecular weight is 369 g/mol. The lowest BCUT2D eigenvalue weighted by molar-refractivity contribution is 0.285. The van der Waals surface area contributed by atoms with E-state index in [1.54, 1.807) is 0 Å². The quantitative estimate of drug-likeness (QED) is 0.824. The number of hydrogen-bond donors (Lipinski definition) is 2. The fraction of sp³-hybridized carbons (Fsp3) is 0.500. The van der Waals surface area contributed by atoms with Gasteiger partial charge in [-0.25, -0.2) is 0 Å². The molecule has 2 aromatic rings. The van der Waals surface area contributed by atoms with Crippen LogP contribution in [0.4, 0.5) is 0 Å². The highest BCUT2D eigenvalue weighted by Gasteiger charge is 2.48. The van der Waals surface area contributed by atoms with Crippen molar-refractivity contribution >= 4 is 46.2 Å². The maximum Gasteiger partial charge on any atom is 0.0774 e. The van der Waals surface area contributed by atoms with E-state index in [-0.39, 0.29) is 13.2 Å². The molecule has 0 radical (unpaired) electrons. The molecule has 4 atom stereocenters. The second-order valence-corrected chi connectivity index (χ2v) is 11.1. The molecular formula is C16H16O2S4. The molecule has 22 heavy (non-hydrogen) atoms. The van der Waals surface area contributed by atoms with Crippen LogP contribution in [0.2, 0.25) is 0 Å². The Morgan fingerprint density at radius 1 is 0.818 bits per heavy atom. The van der Waals surface area contributed by atoms with Gasteiger partial charge in [0.05, 0.1) is 13.2 Å². The number of thioether (sulfide) groups is 2. The van der Waals surface area contributed by atoms with Crippen LogP contribution in [0.5, 0.6) is 0 Å². The molecule has 2 N–H and O–H groups in total. The average Bonchev–Trinajstić information content (AvgIpc) is 3.22. The van der Waals surface area contributed by atoms with Crippen molar-refractivity contribution in [3.05, 3.63) is 31.6 Å². The van der Waals surface area contributed by atoms with E-state index in [0.717, 1.165) is 9.75 Å². The Morgan fingerprint density at radius 2 is 1.27 bits per heavy atom. The summed E-state index contributed by atoms with van der Waals surface area (Å²) in [5.74, 6) is 1.37. The zero-order valence-corrected chi connectivity index (χ0v) is 15.1. The topological polar surface area (TPSA) is 40.5 Å². The number of thiophene rings is 2. The fourth-order valence-electron chi connectivity index (χ4n) is 4.00. The summed E-state index contributed by atoms with van der Waals surface area (Å²) in [4.78, 5) is 8.15. The van der Waals surface area contributed by atoms with E-state index < -0.39 is 0 Å². The van der Waals surface area contributed by atoms with E-state index >= 15 is 0 Å². The number of hydrogen-bond acceptors (Lipinski definition) is 6. The predicted octanol–water partition coefficient (Wildman–Crippen LogP) is 4.40. The maximum atomic E-state index is 9.36. The van der Waals surface area contributed by atoms with Crippen LogP contribution >= 0.6 is 46.2 Å². The molecule has 5 rings (SSSR count). The molecule has 0 saturated heterocycles. The Balaban J connectivity index is 1.44. The third-order valence-electron chi connectivity index (χ3n) is 4.96. The fourth-order valence-corrected chi connectivity index (χ4v) is 10.1. The molecule has 2 nitrogen and oxygen atoms in total. The first-order valence-electron chi connectivity index (χ1n) is 7.57. The number of rotatable bonds is 2. The van der Waals surface area contributed by atoms with Crippen molar-refractivity contribution in [3.63, 3.8) is 0 Å². The zero-order chi connectivity index (χ0) is 14.8. The molecule has 116 valence electrons. The summed E-state index contributed by atoms with van der Waals surface area (Å²) in [7, 11) is 0. The molecule has 1 aliphatic carbocycles. The van der Waals surface area contributed by atoms with Gasteiger partial charge >= 0.3 is 0 Å². The van der Waals surface area contributed by atoms with Crippen LogP contribution in [0.15, 0.2) is 21.9 Å². The summed E-state index contributed by atoms with van der Waals surface area (Å²) in [6, 6.07) is 4.40. The minimum Gasteiger partial charge on any atom is -0.391 e. The van der Waals surface area contributed by atoms with Crippen molar-refractivity contribution in [3.8, 4) is 0 Å². The van der Waals surface area contributed by atoms with Crippen molar-refractivity contribution in [1.29, 1.82) is 0 Å². The minimum atomic E-state index is 0.178. The molecule has 0 bridgehead atoms. The molecule has 6 heteroatoms. The predicted molar refractivity (Wildman–Crippen MR) is 94.5 cm³/mol. The van der Waals surface area contributed by atoms with Crippen molar-refractivity contribution < 1.29 is 10.2 Å². The van der Waals surface area contributed by atoms with E-state index in [0.29, 0.717) is 22.3 Å². The lowest BCUT2D eigenvalue weighted by atomic mass is 9.80. The maximum absolute atomic E-state index is 9.36. The van der Waals surface area contributed by atoms with Gasteiger partial charge in [0.1, 0.15) is 0 Å². The lowest BCUT2D eigenvalue weighted by Gasteiger charge is -2.33. The van der Waals surface area contributed by atoms with Gasteiger partial charge in [-0.1, -0.05) is 0 Å². The van der Waals surface area contributed by atoms with Gasteiger partial charge in [-0.15, -0.1) is 46.2 Å². The highest BCUT2D eigenvalue weighted by Crippen LogP contribution is 2.63. The van der Waals surface area contributed by atoms with Crippen LogP contribution in [0, 0.1) is 0 Å². The van der Waals surface area contributed by atoms with Gasteiger partial charge in [-0.3, -0.25) is 0 Å². The van der Waals surface area contributed by atoms with E-state index in [1.807, 2.05) is 46.2 Å². The number of fused-ring (bicyclic) bond motifs is 6. The highest BCUT2D eigenvalue weighted by atomic mass is 32.2. The second kappa shape index (κ2) is 5.26. The first-order chi connectivity index (χ1) is 10.8. The Labute approximate surface area is 146 Å². The summed E-state index contributed by atoms with van der Waals surface area (Å²) in [5.41, 5.74) is 0. The van der Waals surface area contributed by atoms with Crippen LogP contribution in [0.3, 0.4) is 0 Å². The Kier molecular flexibility index (Phi) is 3.44. The number of aliphatic hydroxyl groups excluding tert-OH is 2. The Bertz CT molecular complexity index is 672.